The summed E-state index contributed by atoms with van der Waals surface area (Å²) in [5.74, 6) is 1.13. The topological polar surface area (TPSA) is 71.1 Å². The monoisotopic (exact) mass is 590 g/mol. The van der Waals surface area contributed by atoms with Crippen LogP contribution >= 0.6 is 0 Å². The normalized spacial score (nSPS) is 24.3. The van der Waals surface area contributed by atoms with Crippen LogP contribution in [0.2, 0.25) is 0 Å². The van der Waals surface area contributed by atoms with Gasteiger partial charge in [-0.1, -0.05) is 64.6 Å². The standard InChI is InChI=1S/C38H38O6/c1-7-31(39)29-12-8-23-20-25(10-14-27(23)32(29)37(6)36(4,5)22-43-37)41-18-19-42-26-11-15-28-24(21-26)9-13-30-33(28)38(44-34(30)40)17-16-35(38,2)3/h7-15,20-21H,1,16-19,22H2,2-6H3. The molecule has 0 bridgehead atoms. The smallest absolute Gasteiger partial charge is 0.339 e. The number of carbonyl (C=O) groups excluding carboxylic acids is 2. The zero-order chi connectivity index (χ0) is 31.1. The van der Waals surface area contributed by atoms with Gasteiger partial charge in [-0.2, -0.15) is 0 Å². The lowest BCUT2D eigenvalue weighted by Gasteiger charge is -2.54. The lowest BCUT2D eigenvalue weighted by atomic mass is 9.55. The number of ether oxygens (including phenoxy) is 4. The molecule has 44 heavy (non-hydrogen) atoms. The summed E-state index contributed by atoms with van der Waals surface area (Å²) in [6, 6.07) is 19.6. The Balaban J connectivity index is 1.08. The second-order valence-corrected chi connectivity index (χ2v) is 13.8. The highest BCUT2D eigenvalue weighted by atomic mass is 16.6. The Labute approximate surface area is 257 Å². The first-order chi connectivity index (χ1) is 20.9. The first-order valence-corrected chi connectivity index (χ1v) is 15.3. The molecule has 1 saturated heterocycles. The first kappa shape index (κ1) is 28.6. The molecule has 2 aliphatic heterocycles. The molecule has 0 radical (unpaired) electrons. The molecule has 2 atom stereocenters. The van der Waals surface area contributed by atoms with E-state index in [1.165, 1.54) is 6.08 Å². The minimum atomic E-state index is -0.589. The van der Waals surface area contributed by atoms with Crippen LogP contribution in [-0.4, -0.2) is 31.6 Å². The maximum absolute atomic E-state index is 12.8. The van der Waals surface area contributed by atoms with Gasteiger partial charge in [0.2, 0.25) is 0 Å². The van der Waals surface area contributed by atoms with Crippen LogP contribution in [0.5, 0.6) is 11.5 Å². The van der Waals surface area contributed by atoms with Crippen LogP contribution < -0.4 is 9.47 Å². The Kier molecular flexibility index (Phi) is 6.29. The summed E-state index contributed by atoms with van der Waals surface area (Å²) in [6.07, 6.45) is 3.24. The maximum atomic E-state index is 12.8. The Morgan fingerprint density at radius 2 is 1.43 bits per heavy atom. The number of esters is 1. The molecule has 2 fully saturated rings. The van der Waals surface area contributed by atoms with Crippen LogP contribution in [0.3, 0.4) is 0 Å². The average Bonchev–Trinajstić information content (AvgIpc) is 3.35. The molecule has 0 amide bonds. The van der Waals surface area contributed by atoms with Crippen molar-refractivity contribution in [2.24, 2.45) is 10.8 Å². The van der Waals surface area contributed by atoms with E-state index in [1.54, 1.807) is 0 Å². The van der Waals surface area contributed by atoms with Gasteiger partial charge in [-0.15, -0.1) is 0 Å². The highest BCUT2D eigenvalue weighted by Gasteiger charge is 2.62. The number of allylic oxidation sites excluding steroid dienone is 1. The Morgan fingerprint density at radius 3 is 1.93 bits per heavy atom. The fourth-order valence-corrected chi connectivity index (χ4v) is 7.31. The van der Waals surface area contributed by atoms with Gasteiger partial charge in [0.25, 0.3) is 0 Å². The molecule has 0 N–H and O–H groups in total. The highest BCUT2D eigenvalue weighted by Crippen LogP contribution is 2.63. The van der Waals surface area contributed by atoms with Crippen LogP contribution in [-0.2, 0) is 20.7 Å². The predicted molar refractivity (Wildman–Crippen MR) is 171 cm³/mol. The maximum Gasteiger partial charge on any atom is 0.339 e. The van der Waals surface area contributed by atoms with Crippen molar-refractivity contribution in [3.05, 3.63) is 95.6 Å². The summed E-state index contributed by atoms with van der Waals surface area (Å²) in [4.78, 5) is 25.5. The molecule has 226 valence electrons. The third-order valence-electron chi connectivity index (χ3n) is 10.6. The van der Waals surface area contributed by atoms with Crippen LogP contribution in [0.1, 0.15) is 79.3 Å². The van der Waals surface area contributed by atoms with Crippen molar-refractivity contribution in [3.63, 3.8) is 0 Å². The van der Waals surface area contributed by atoms with E-state index < -0.39 is 11.2 Å². The quantitative estimate of drug-likeness (QED) is 0.0890. The number of ketones is 1. The third kappa shape index (κ3) is 3.96. The largest absolute Gasteiger partial charge is 0.490 e. The van der Waals surface area contributed by atoms with Crippen molar-refractivity contribution in [3.8, 4) is 11.5 Å². The summed E-state index contributed by atoms with van der Waals surface area (Å²) >= 11 is 0. The van der Waals surface area contributed by atoms with Crippen LogP contribution in [0.4, 0.5) is 0 Å². The van der Waals surface area contributed by atoms with Gasteiger partial charge in [-0.25, -0.2) is 4.79 Å². The summed E-state index contributed by atoms with van der Waals surface area (Å²) in [7, 11) is 0. The number of rotatable bonds is 8. The van der Waals surface area contributed by atoms with Crippen molar-refractivity contribution in [1.82, 2.24) is 0 Å². The Morgan fingerprint density at radius 1 is 0.818 bits per heavy atom. The lowest BCUT2D eigenvalue weighted by Crippen LogP contribution is -2.56. The van der Waals surface area contributed by atoms with E-state index in [-0.39, 0.29) is 22.6 Å². The van der Waals surface area contributed by atoms with Gasteiger partial charge in [0, 0.05) is 27.5 Å². The van der Waals surface area contributed by atoms with Crippen LogP contribution in [0, 0.1) is 10.8 Å². The molecular weight excluding hydrogens is 552 g/mol. The van der Waals surface area contributed by atoms with Gasteiger partial charge in [-0.05, 0) is 77.7 Å². The van der Waals surface area contributed by atoms with Crippen LogP contribution in [0.15, 0.2) is 73.3 Å². The van der Waals surface area contributed by atoms with Gasteiger partial charge in [0.05, 0.1) is 17.8 Å². The van der Waals surface area contributed by atoms with E-state index in [4.69, 9.17) is 18.9 Å². The molecule has 7 rings (SSSR count). The summed E-state index contributed by atoms with van der Waals surface area (Å²) in [5, 5.41) is 4.01. The van der Waals surface area contributed by atoms with Crippen molar-refractivity contribution >= 4 is 33.3 Å². The van der Waals surface area contributed by atoms with E-state index in [9.17, 15) is 9.59 Å². The van der Waals surface area contributed by atoms with Crippen molar-refractivity contribution in [2.75, 3.05) is 19.8 Å². The fraction of sp³-hybridized carbons (Fsp3) is 0.368. The van der Waals surface area contributed by atoms with Crippen molar-refractivity contribution in [1.29, 1.82) is 0 Å². The summed E-state index contributed by atoms with van der Waals surface area (Å²) < 4.78 is 24.3. The molecule has 1 saturated carbocycles. The first-order valence-electron chi connectivity index (χ1n) is 15.3. The summed E-state index contributed by atoms with van der Waals surface area (Å²) in [6.45, 7) is 15.8. The molecule has 1 spiro atoms. The second-order valence-electron chi connectivity index (χ2n) is 13.8. The van der Waals surface area contributed by atoms with E-state index in [0.29, 0.717) is 30.9 Å². The molecule has 3 aliphatic rings. The zero-order valence-electron chi connectivity index (χ0n) is 26.0. The fourth-order valence-electron chi connectivity index (χ4n) is 7.31. The molecule has 2 heterocycles. The van der Waals surface area contributed by atoms with E-state index in [1.807, 2.05) is 60.7 Å². The van der Waals surface area contributed by atoms with Gasteiger partial charge >= 0.3 is 5.97 Å². The molecule has 6 nitrogen and oxygen atoms in total. The molecular formula is C38H38O6. The zero-order valence-corrected chi connectivity index (χ0v) is 26.0. The van der Waals surface area contributed by atoms with E-state index >= 15 is 0 Å². The predicted octanol–water partition coefficient (Wildman–Crippen LogP) is 8.28. The number of hydrogen-bond acceptors (Lipinski definition) is 6. The molecule has 6 heteroatoms. The minimum absolute atomic E-state index is 0.0934. The van der Waals surface area contributed by atoms with E-state index in [2.05, 4.69) is 41.2 Å². The molecule has 4 aromatic carbocycles. The van der Waals surface area contributed by atoms with Crippen LogP contribution in [0.25, 0.3) is 21.5 Å². The number of hydrogen-bond donors (Lipinski definition) is 0. The SMILES string of the molecule is C=CC(=O)c1ccc2cc(OCCOc3ccc4c5c(ccc4c3)C(=O)OC53CCC3(C)C)ccc2c1C1(C)OCC1(C)C. The van der Waals surface area contributed by atoms with Crippen molar-refractivity contribution in [2.45, 2.75) is 58.7 Å². The number of carbonyl (C=O) groups is 2. The molecule has 4 aromatic rings. The van der Waals surface area contributed by atoms with Gasteiger partial charge in [0.1, 0.15) is 30.3 Å². The lowest BCUT2D eigenvalue weighted by molar-refractivity contribution is -0.249. The highest BCUT2D eigenvalue weighted by molar-refractivity contribution is 6.09. The molecule has 1 aliphatic carbocycles. The number of fused-ring (bicyclic) bond motifs is 5. The van der Waals surface area contributed by atoms with Gasteiger partial charge in [-0.3, -0.25) is 4.79 Å². The minimum Gasteiger partial charge on any atom is -0.490 e. The number of benzene rings is 4. The molecule has 2 unspecified atom stereocenters. The third-order valence-corrected chi connectivity index (χ3v) is 10.6. The van der Waals surface area contributed by atoms with Gasteiger partial charge < -0.3 is 18.9 Å². The second kappa shape index (κ2) is 9.67. The van der Waals surface area contributed by atoms with Gasteiger partial charge in [0.15, 0.2) is 5.78 Å². The van der Waals surface area contributed by atoms with E-state index in [0.717, 1.165) is 57.0 Å². The summed E-state index contributed by atoms with van der Waals surface area (Å²) in [5.41, 5.74) is 1.87. The Bertz CT molecular complexity index is 1880. The average molecular weight is 591 g/mol. The Hall–Kier alpha value is -4.16. The molecule has 0 aromatic heterocycles. The van der Waals surface area contributed by atoms with Crippen molar-refractivity contribution < 1.29 is 28.5 Å².